The van der Waals surface area contributed by atoms with Crippen LogP contribution in [0.25, 0.3) is 11.2 Å². The Morgan fingerprint density at radius 1 is 1.40 bits per heavy atom. The summed E-state index contributed by atoms with van der Waals surface area (Å²) >= 11 is 1.72. The summed E-state index contributed by atoms with van der Waals surface area (Å²) in [4.78, 5) is 25.0. The summed E-state index contributed by atoms with van der Waals surface area (Å²) in [6.07, 6.45) is 5.22. The van der Waals surface area contributed by atoms with Crippen molar-refractivity contribution in [2.24, 2.45) is 0 Å². The second kappa shape index (κ2) is 5.83. The number of anilines is 1. The van der Waals surface area contributed by atoms with Crippen LogP contribution in [-0.2, 0) is 6.42 Å². The van der Waals surface area contributed by atoms with E-state index in [1.54, 1.807) is 11.8 Å². The minimum atomic E-state index is -0.0751. The van der Waals surface area contributed by atoms with Gasteiger partial charge in [-0.1, -0.05) is 0 Å². The molecule has 5 nitrogen and oxygen atoms in total. The lowest BCUT2D eigenvalue weighted by atomic mass is 10.3. The van der Waals surface area contributed by atoms with Crippen LogP contribution in [0.15, 0.2) is 16.9 Å². The molecule has 1 fully saturated rings. The molecule has 1 aliphatic heterocycles. The van der Waals surface area contributed by atoms with Gasteiger partial charge in [-0.25, -0.2) is 4.98 Å². The second-order valence-corrected chi connectivity index (χ2v) is 6.04. The van der Waals surface area contributed by atoms with Gasteiger partial charge in [0.15, 0.2) is 5.69 Å². The number of nitrogens with one attached hydrogen (secondary N) is 2. The van der Waals surface area contributed by atoms with Crippen molar-refractivity contribution in [3.05, 3.63) is 28.2 Å². The largest absolute Gasteiger partial charge is 0.314 e. The molecule has 106 valence electrons. The van der Waals surface area contributed by atoms with Crippen molar-refractivity contribution < 1.29 is 4.98 Å². The number of fused-ring (bicyclic) bond motifs is 1. The molecule has 0 unspecified atom stereocenters. The Morgan fingerprint density at radius 3 is 2.95 bits per heavy atom. The Labute approximate surface area is 121 Å². The predicted molar refractivity (Wildman–Crippen MR) is 82.5 cm³/mol. The molecule has 2 N–H and O–H groups in total. The minimum absolute atomic E-state index is 0.0751. The lowest BCUT2D eigenvalue weighted by molar-refractivity contribution is -0.333. The maximum absolute atomic E-state index is 11.9. The molecular formula is C14H19N4OS+. The topological polar surface area (TPSA) is 63.1 Å². The van der Waals surface area contributed by atoms with Crippen LogP contribution in [0.1, 0.15) is 18.5 Å². The van der Waals surface area contributed by atoms with E-state index in [9.17, 15) is 4.79 Å². The predicted octanol–water partition coefficient (Wildman–Crippen LogP) is 1.24. The molecular weight excluding hydrogens is 272 g/mol. The molecule has 20 heavy (non-hydrogen) atoms. The number of aromatic amines is 2. The summed E-state index contributed by atoms with van der Waals surface area (Å²) < 4.78 is 0. The lowest BCUT2D eigenvalue weighted by Crippen LogP contribution is -2.27. The lowest BCUT2D eigenvalue weighted by Gasteiger charge is -2.10. The van der Waals surface area contributed by atoms with Gasteiger partial charge in [0.05, 0.1) is 13.1 Å². The van der Waals surface area contributed by atoms with E-state index in [0.717, 1.165) is 35.8 Å². The van der Waals surface area contributed by atoms with Gasteiger partial charge in [0.2, 0.25) is 5.82 Å². The van der Waals surface area contributed by atoms with Crippen LogP contribution in [0.2, 0.25) is 0 Å². The van der Waals surface area contributed by atoms with Crippen LogP contribution in [-0.4, -0.2) is 35.1 Å². The van der Waals surface area contributed by atoms with E-state index in [4.69, 9.17) is 0 Å². The summed E-state index contributed by atoms with van der Waals surface area (Å²) in [5.74, 6) is 2.00. The maximum atomic E-state index is 11.9. The third kappa shape index (κ3) is 2.65. The minimum Gasteiger partial charge on any atom is -0.314 e. The van der Waals surface area contributed by atoms with Gasteiger partial charge in [0.25, 0.3) is 11.2 Å². The number of rotatable bonds is 4. The van der Waals surface area contributed by atoms with Crippen LogP contribution >= 0.6 is 11.8 Å². The van der Waals surface area contributed by atoms with E-state index in [2.05, 4.69) is 19.9 Å². The van der Waals surface area contributed by atoms with Crippen molar-refractivity contribution in [3.8, 4) is 0 Å². The van der Waals surface area contributed by atoms with Crippen LogP contribution in [0, 0.1) is 0 Å². The number of aromatic nitrogens is 3. The summed E-state index contributed by atoms with van der Waals surface area (Å²) in [6, 6.07) is 3.96. The monoisotopic (exact) mass is 291 g/mol. The molecule has 0 bridgehead atoms. The van der Waals surface area contributed by atoms with Gasteiger partial charge in [-0.2, -0.15) is 11.8 Å². The fraction of sp³-hybridized carbons (Fsp3) is 0.500. The number of nitrogens with zero attached hydrogens (tertiary/aromatic N) is 2. The zero-order chi connectivity index (χ0) is 13.9. The van der Waals surface area contributed by atoms with Gasteiger partial charge in [-0.3, -0.25) is 9.69 Å². The first-order valence-electron chi connectivity index (χ1n) is 6.97. The fourth-order valence-corrected chi connectivity index (χ4v) is 2.95. The number of hydrogen-bond acceptors (Lipinski definition) is 4. The summed E-state index contributed by atoms with van der Waals surface area (Å²) in [6.45, 7) is 2.18. The Morgan fingerprint density at radius 2 is 2.20 bits per heavy atom. The second-order valence-electron chi connectivity index (χ2n) is 5.06. The molecule has 3 heterocycles. The average Bonchev–Trinajstić information content (AvgIpc) is 2.99. The number of H-pyrrole nitrogens is 2. The molecule has 0 aliphatic carbocycles. The van der Waals surface area contributed by atoms with E-state index in [1.165, 1.54) is 12.8 Å². The van der Waals surface area contributed by atoms with Gasteiger partial charge in [-0.05, 0) is 25.2 Å². The first-order chi connectivity index (χ1) is 9.78. The zero-order valence-corrected chi connectivity index (χ0v) is 12.4. The number of hydrogen-bond donors (Lipinski definition) is 1. The zero-order valence-electron chi connectivity index (χ0n) is 11.6. The molecule has 0 aromatic carbocycles. The first-order valence-corrected chi connectivity index (χ1v) is 8.36. The van der Waals surface area contributed by atoms with Crippen LogP contribution in [0.3, 0.4) is 0 Å². The van der Waals surface area contributed by atoms with Crippen molar-refractivity contribution in [1.82, 2.24) is 9.97 Å². The van der Waals surface area contributed by atoms with Crippen molar-refractivity contribution >= 4 is 28.7 Å². The molecule has 2 aromatic heterocycles. The van der Waals surface area contributed by atoms with Gasteiger partial charge < -0.3 is 4.98 Å². The van der Waals surface area contributed by atoms with E-state index in [-0.39, 0.29) is 5.56 Å². The molecule has 0 atom stereocenters. The number of thioether (sulfide) groups is 1. The highest BCUT2D eigenvalue weighted by Crippen LogP contribution is 2.16. The van der Waals surface area contributed by atoms with Crippen LogP contribution in [0.5, 0.6) is 0 Å². The molecule has 0 radical (unpaired) electrons. The SMILES string of the molecule is CSCCc1nc2[nH+]c(N3CCCC3)ccc2[nH]c1=O. The third-order valence-electron chi connectivity index (χ3n) is 3.66. The quantitative estimate of drug-likeness (QED) is 0.920. The van der Waals surface area contributed by atoms with Gasteiger partial charge in [0, 0.05) is 18.2 Å². The van der Waals surface area contributed by atoms with Crippen molar-refractivity contribution in [3.63, 3.8) is 0 Å². The molecule has 0 saturated carbocycles. The van der Waals surface area contributed by atoms with E-state index < -0.39 is 0 Å². The number of pyridine rings is 1. The summed E-state index contributed by atoms with van der Waals surface area (Å²) in [7, 11) is 0. The average molecular weight is 291 g/mol. The summed E-state index contributed by atoms with van der Waals surface area (Å²) in [5.41, 5.74) is 2.08. The van der Waals surface area contributed by atoms with Gasteiger partial charge in [-0.15, -0.1) is 4.98 Å². The summed E-state index contributed by atoms with van der Waals surface area (Å²) in [5, 5.41) is 0. The van der Waals surface area contributed by atoms with Crippen molar-refractivity contribution in [2.75, 3.05) is 30.0 Å². The Kier molecular flexibility index (Phi) is 3.91. The maximum Gasteiger partial charge on any atom is 0.287 e. The molecule has 6 heteroatoms. The highest BCUT2D eigenvalue weighted by Gasteiger charge is 2.19. The first kappa shape index (κ1) is 13.4. The Bertz CT molecular complexity index is 664. The smallest absolute Gasteiger partial charge is 0.287 e. The molecule has 2 aromatic rings. The molecule has 3 rings (SSSR count). The molecule has 0 spiro atoms. The number of aryl methyl sites for hydroxylation is 1. The third-order valence-corrected chi connectivity index (χ3v) is 4.27. The Hall–Kier alpha value is -1.56. The standard InChI is InChI=1S/C14H18N4OS/c1-20-9-6-11-14(19)16-10-4-5-12(17-13(10)15-11)18-7-2-3-8-18/h4-5H,2-3,6-9H2,1H3,(H,16,19)/p+1. The highest BCUT2D eigenvalue weighted by molar-refractivity contribution is 7.98. The van der Waals surface area contributed by atoms with Gasteiger partial charge >= 0.3 is 0 Å². The normalized spacial score (nSPS) is 15.2. The molecule has 1 saturated heterocycles. The molecule has 1 aliphatic rings. The van der Waals surface area contributed by atoms with E-state index >= 15 is 0 Å². The van der Waals surface area contributed by atoms with Gasteiger partial charge in [0.1, 0.15) is 5.52 Å². The van der Waals surface area contributed by atoms with Crippen LogP contribution < -0.4 is 15.4 Å². The van der Waals surface area contributed by atoms with Crippen molar-refractivity contribution in [2.45, 2.75) is 19.3 Å². The van der Waals surface area contributed by atoms with Crippen LogP contribution in [0.4, 0.5) is 5.82 Å². The van der Waals surface area contributed by atoms with E-state index in [0.29, 0.717) is 12.1 Å². The molecule has 0 amide bonds. The van der Waals surface area contributed by atoms with E-state index in [1.807, 2.05) is 18.4 Å². The fourth-order valence-electron chi connectivity index (χ4n) is 2.55. The van der Waals surface area contributed by atoms with Crippen molar-refractivity contribution in [1.29, 1.82) is 0 Å². The highest BCUT2D eigenvalue weighted by atomic mass is 32.2. The Balaban J connectivity index is 1.98.